The number of pyridine rings is 1. The van der Waals surface area contributed by atoms with Crippen LogP contribution in [-0.4, -0.2) is 21.6 Å². The van der Waals surface area contributed by atoms with E-state index in [4.69, 9.17) is 9.72 Å². The molecule has 0 aliphatic carbocycles. The maximum absolute atomic E-state index is 5.66. The number of aromatic nitrogens is 3. The summed E-state index contributed by atoms with van der Waals surface area (Å²) >= 11 is 1.70. The van der Waals surface area contributed by atoms with Gasteiger partial charge in [0.15, 0.2) is 0 Å². The van der Waals surface area contributed by atoms with Crippen molar-refractivity contribution in [2.45, 2.75) is 13.8 Å². The van der Waals surface area contributed by atoms with Crippen LogP contribution in [0.25, 0.3) is 33.2 Å². The average Bonchev–Trinajstić information content (AvgIpc) is 3.29. The molecule has 0 saturated heterocycles. The summed E-state index contributed by atoms with van der Waals surface area (Å²) < 4.78 is 5.66. The summed E-state index contributed by atoms with van der Waals surface area (Å²) in [5.74, 6) is 1.73. The molecule has 4 aromatic rings. The third kappa shape index (κ3) is 3.26. The maximum atomic E-state index is 5.66. The number of imidazole rings is 1. The number of thiophene rings is 1. The lowest BCUT2D eigenvalue weighted by atomic mass is 10.1. The fraction of sp³-hybridized carbons (Fsp3) is 0.143. The molecule has 1 aromatic carbocycles. The van der Waals surface area contributed by atoms with Crippen LogP contribution in [-0.2, 0) is 0 Å². The van der Waals surface area contributed by atoms with Crippen LogP contribution in [0.3, 0.4) is 0 Å². The number of H-pyrrole nitrogens is 1. The minimum Gasteiger partial charge on any atom is -0.494 e. The summed E-state index contributed by atoms with van der Waals surface area (Å²) in [5, 5.41) is 2.14. The van der Waals surface area contributed by atoms with Gasteiger partial charge >= 0.3 is 0 Å². The molecule has 0 spiro atoms. The number of aryl methyl sites for hydroxylation is 1. The van der Waals surface area contributed by atoms with Gasteiger partial charge in [-0.05, 0) is 55.1 Å². The Balaban J connectivity index is 1.87. The molecule has 3 heterocycles. The van der Waals surface area contributed by atoms with E-state index in [1.165, 1.54) is 5.56 Å². The quantitative estimate of drug-likeness (QED) is 0.505. The van der Waals surface area contributed by atoms with Crippen molar-refractivity contribution < 1.29 is 4.74 Å². The van der Waals surface area contributed by atoms with Crippen molar-refractivity contribution in [3.05, 3.63) is 65.8 Å². The fourth-order valence-corrected chi connectivity index (χ4v) is 3.72. The van der Waals surface area contributed by atoms with Crippen LogP contribution in [0.2, 0.25) is 0 Å². The summed E-state index contributed by atoms with van der Waals surface area (Å²) in [4.78, 5) is 13.7. The molecule has 0 radical (unpaired) electrons. The van der Waals surface area contributed by atoms with Gasteiger partial charge in [0.25, 0.3) is 0 Å². The molecule has 3 aromatic heterocycles. The van der Waals surface area contributed by atoms with Gasteiger partial charge in [0.1, 0.15) is 11.6 Å². The van der Waals surface area contributed by atoms with E-state index in [-0.39, 0.29) is 0 Å². The number of hydrogen-bond acceptors (Lipinski definition) is 4. The van der Waals surface area contributed by atoms with Gasteiger partial charge in [0.2, 0.25) is 0 Å². The lowest BCUT2D eigenvalue weighted by Gasteiger charge is -2.06. The van der Waals surface area contributed by atoms with Gasteiger partial charge in [-0.25, -0.2) is 4.98 Å². The van der Waals surface area contributed by atoms with Crippen molar-refractivity contribution in [3.63, 3.8) is 0 Å². The summed E-state index contributed by atoms with van der Waals surface area (Å²) in [7, 11) is 0. The maximum Gasteiger partial charge on any atom is 0.148 e. The number of rotatable bonds is 5. The van der Waals surface area contributed by atoms with Gasteiger partial charge in [0.05, 0.1) is 22.9 Å². The zero-order valence-corrected chi connectivity index (χ0v) is 15.5. The highest BCUT2D eigenvalue weighted by Gasteiger charge is 2.16. The Bertz CT molecular complexity index is 1020. The average molecular weight is 361 g/mol. The number of hydrogen-bond donors (Lipinski definition) is 1. The van der Waals surface area contributed by atoms with Crippen molar-refractivity contribution >= 4 is 11.3 Å². The van der Waals surface area contributed by atoms with Gasteiger partial charge in [-0.2, -0.15) is 0 Å². The topological polar surface area (TPSA) is 50.8 Å². The van der Waals surface area contributed by atoms with Gasteiger partial charge in [-0.15, -0.1) is 11.3 Å². The number of ether oxygens (including phenoxy) is 1. The van der Waals surface area contributed by atoms with Gasteiger partial charge < -0.3 is 9.72 Å². The van der Waals surface area contributed by atoms with Crippen molar-refractivity contribution in [3.8, 4) is 39.0 Å². The lowest BCUT2D eigenvalue weighted by Crippen LogP contribution is -1.91. The molecule has 5 heteroatoms. The highest BCUT2D eigenvalue weighted by molar-refractivity contribution is 7.13. The third-order valence-electron chi connectivity index (χ3n) is 4.06. The Morgan fingerprint density at radius 3 is 2.65 bits per heavy atom. The standard InChI is InChI=1S/C21H19N3OS/c1-3-25-17-6-4-5-16(12-17)20-19(15-7-9-22-10-8-15)23-21(24-20)18-11-14(2)13-26-18/h4-13H,3H2,1-2H3,(H,23,24). The smallest absolute Gasteiger partial charge is 0.148 e. The van der Waals surface area contributed by atoms with Gasteiger partial charge in [-0.1, -0.05) is 12.1 Å². The zero-order valence-electron chi connectivity index (χ0n) is 14.7. The molecule has 4 nitrogen and oxygen atoms in total. The fourth-order valence-electron chi connectivity index (χ4n) is 2.88. The normalized spacial score (nSPS) is 10.8. The Morgan fingerprint density at radius 1 is 1.08 bits per heavy atom. The molecule has 0 unspecified atom stereocenters. The van der Waals surface area contributed by atoms with Crippen LogP contribution in [0, 0.1) is 6.92 Å². The van der Waals surface area contributed by atoms with E-state index >= 15 is 0 Å². The largest absolute Gasteiger partial charge is 0.494 e. The Hall–Kier alpha value is -2.92. The van der Waals surface area contributed by atoms with Crippen molar-refractivity contribution in [1.29, 1.82) is 0 Å². The monoisotopic (exact) mass is 361 g/mol. The molecule has 0 saturated carbocycles. The Labute approximate surface area is 156 Å². The number of aromatic amines is 1. The molecule has 0 fully saturated rings. The second-order valence-corrected chi connectivity index (χ2v) is 6.91. The first kappa shape index (κ1) is 16.5. The SMILES string of the molecule is CCOc1cccc(-c2nc(-c3cc(C)cs3)[nH]c2-c2ccncc2)c1. The minimum absolute atomic E-state index is 0.640. The van der Waals surface area contributed by atoms with E-state index in [9.17, 15) is 0 Å². The van der Waals surface area contributed by atoms with Crippen LogP contribution in [0.4, 0.5) is 0 Å². The van der Waals surface area contributed by atoms with E-state index in [1.54, 1.807) is 23.7 Å². The van der Waals surface area contributed by atoms with Crippen molar-refractivity contribution in [2.24, 2.45) is 0 Å². The van der Waals surface area contributed by atoms with Crippen LogP contribution >= 0.6 is 11.3 Å². The van der Waals surface area contributed by atoms with Crippen LogP contribution in [0.15, 0.2) is 60.2 Å². The predicted octanol–water partition coefficient (Wildman–Crippen LogP) is 5.57. The van der Waals surface area contributed by atoms with E-state index < -0.39 is 0 Å². The number of nitrogens with one attached hydrogen (secondary N) is 1. The minimum atomic E-state index is 0.640. The molecule has 130 valence electrons. The van der Waals surface area contributed by atoms with Gasteiger partial charge in [0, 0.05) is 23.5 Å². The first-order valence-electron chi connectivity index (χ1n) is 8.53. The van der Waals surface area contributed by atoms with Crippen LogP contribution in [0.1, 0.15) is 12.5 Å². The third-order valence-corrected chi connectivity index (χ3v) is 5.11. The highest BCUT2D eigenvalue weighted by Crippen LogP contribution is 2.35. The highest BCUT2D eigenvalue weighted by atomic mass is 32.1. The van der Waals surface area contributed by atoms with Gasteiger partial charge in [-0.3, -0.25) is 4.98 Å². The molecule has 0 atom stereocenters. The Kier molecular flexibility index (Phi) is 4.54. The van der Waals surface area contributed by atoms with E-state index in [1.807, 2.05) is 37.3 Å². The predicted molar refractivity (Wildman–Crippen MR) is 106 cm³/mol. The van der Waals surface area contributed by atoms with E-state index in [0.717, 1.165) is 39.0 Å². The summed E-state index contributed by atoms with van der Waals surface area (Å²) in [5.41, 5.74) is 5.23. The van der Waals surface area contributed by atoms with Crippen LogP contribution in [0.5, 0.6) is 5.75 Å². The second-order valence-electron chi connectivity index (χ2n) is 5.99. The molecule has 0 aliphatic heterocycles. The Morgan fingerprint density at radius 2 is 1.92 bits per heavy atom. The lowest BCUT2D eigenvalue weighted by molar-refractivity contribution is 0.340. The summed E-state index contributed by atoms with van der Waals surface area (Å²) in [6, 6.07) is 14.2. The molecule has 0 aliphatic rings. The molecule has 1 N–H and O–H groups in total. The molecule has 0 bridgehead atoms. The second kappa shape index (κ2) is 7.14. The molecular formula is C21H19N3OS. The van der Waals surface area contributed by atoms with E-state index in [2.05, 4.69) is 34.4 Å². The number of nitrogens with zero attached hydrogens (tertiary/aromatic N) is 2. The molecule has 4 rings (SSSR count). The molecule has 26 heavy (non-hydrogen) atoms. The first-order valence-corrected chi connectivity index (χ1v) is 9.41. The number of benzene rings is 1. The van der Waals surface area contributed by atoms with E-state index in [0.29, 0.717) is 6.61 Å². The van der Waals surface area contributed by atoms with Crippen molar-refractivity contribution in [2.75, 3.05) is 6.61 Å². The van der Waals surface area contributed by atoms with Crippen molar-refractivity contribution in [1.82, 2.24) is 15.0 Å². The molecular weight excluding hydrogens is 342 g/mol. The summed E-state index contributed by atoms with van der Waals surface area (Å²) in [6.07, 6.45) is 3.59. The first-order chi connectivity index (χ1) is 12.7. The zero-order chi connectivity index (χ0) is 17.9. The van der Waals surface area contributed by atoms with Crippen LogP contribution < -0.4 is 4.74 Å². The molecule has 0 amide bonds. The summed E-state index contributed by atoms with van der Waals surface area (Å²) in [6.45, 7) is 4.72.